The maximum absolute atomic E-state index is 4.98. The highest BCUT2D eigenvalue weighted by Gasteiger charge is 2.13. The summed E-state index contributed by atoms with van der Waals surface area (Å²) in [6.07, 6.45) is 1.50. The average molecular weight is 418 g/mol. The van der Waals surface area contributed by atoms with Crippen LogP contribution in [0.2, 0.25) is 0 Å². The molecule has 2 aromatic heterocycles. The molecule has 8 heteroatoms. The van der Waals surface area contributed by atoms with E-state index in [9.17, 15) is 0 Å². The molecular formula is C22H23N7S. The molecular weight excluding hydrogens is 394 g/mol. The van der Waals surface area contributed by atoms with Crippen molar-refractivity contribution in [2.75, 3.05) is 0 Å². The second kappa shape index (κ2) is 9.04. The molecule has 4 aromatic rings. The summed E-state index contributed by atoms with van der Waals surface area (Å²) in [5.41, 5.74) is 4.27. The Balaban J connectivity index is 1.59. The first-order valence-electron chi connectivity index (χ1n) is 9.92. The molecule has 152 valence electrons. The minimum atomic E-state index is 0.511. The second-order valence-electron chi connectivity index (χ2n) is 7.55. The molecule has 0 radical (unpaired) electrons. The van der Waals surface area contributed by atoms with Gasteiger partial charge in [-0.05, 0) is 33.2 Å². The largest absolute Gasteiger partial charge is 0.245 e. The molecule has 4 rings (SSSR count). The first-order chi connectivity index (χ1) is 14.6. The van der Waals surface area contributed by atoms with E-state index >= 15 is 0 Å². The molecule has 0 saturated carbocycles. The third kappa shape index (κ3) is 4.49. The van der Waals surface area contributed by atoms with Gasteiger partial charge >= 0.3 is 0 Å². The lowest BCUT2D eigenvalue weighted by Crippen LogP contribution is -2.09. The molecule has 0 saturated heterocycles. The van der Waals surface area contributed by atoms with Crippen LogP contribution in [-0.4, -0.2) is 40.8 Å². The van der Waals surface area contributed by atoms with Crippen LogP contribution in [0, 0.1) is 5.92 Å². The van der Waals surface area contributed by atoms with Gasteiger partial charge in [-0.25, -0.2) is 9.67 Å². The topological polar surface area (TPSA) is 85.2 Å². The molecule has 1 N–H and O–H groups in total. The van der Waals surface area contributed by atoms with E-state index in [4.69, 9.17) is 12.2 Å². The number of aromatic nitrogens is 7. The van der Waals surface area contributed by atoms with Crippen molar-refractivity contribution in [3.05, 3.63) is 65.7 Å². The van der Waals surface area contributed by atoms with Crippen molar-refractivity contribution in [2.45, 2.75) is 33.2 Å². The predicted molar refractivity (Wildman–Crippen MR) is 120 cm³/mol. The third-order valence-electron chi connectivity index (χ3n) is 4.76. The first-order valence-corrected chi connectivity index (χ1v) is 10.4. The zero-order chi connectivity index (χ0) is 20.9. The Morgan fingerprint density at radius 3 is 2.50 bits per heavy atom. The number of thiocarbonyl (C=S) groups is 1. The van der Waals surface area contributed by atoms with Gasteiger partial charge in [0.25, 0.3) is 0 Å². The molecule has 0 spiro atoms. The van der Waals surface area contributed by atoms with Gasteiger partial charge in [-0.3, -0.25) is 0 Å². The van der Waals surface area contributed by atoms with Crippen molar-refractivity contribution >= 4 is 17.6 Å². The number of hydrogen-bond donors (Lipinski definition) is 1. The SMILES string of the molecule is CC(C)Cc1nc(CC=S)nn1Cc1ccc(-c2ccccc2-c2nn[nH]n2)cc1. The van der Waals surface area contributed by atoms with Gasteiger partial charge in [0.1, 0.15) is 5.82 Å². The van der Waals surface area contributed by atoms with E-state index in [-0.39, 0.29) is 0 Å². The van der Waals surface area contributed by atoms with Gasteiger partial charge in [0, 0.05) is 18.4 Å². The summed E-state index contributed by atoms with van der Waals surface area (Å²) in [6, 6.07) is 16.5. The Morgan fingerprint density at radius 1 is 1.07 bits per heavy atom. The fourth-order valence-electron chi connectivity index (χ4n) is 3.40. The molecule has 0 aliphatic rings. The maximum atomic E-state index is 4.98. The molecule has 0 amide bonds. The number of nitrogens with zero attached hydrogens (tertiary/aromatic N) is 6. The lowest BCUT2D eigenvalue weighted by Gasteiger charge is -2.10. The van der Waals surface area contributed by atoms with Crippen molar-refractivity contribution in [1.29, 1.82) is 0 Å². The fourth-order valence-corrected chi connectivity index (χ4v) is 3.55. The van der Waals surface area contributed by atoms with Crippen LogP contribution >= 0.6 is 12.2 Å². The minimum absolute atomic E-state index is 0.511. The molecule has 2 heterocycles. The number of aromatic amines is 1. The average Bonchev–Trinajstić information content (AvgIpc) is 3.39. The smallest absolute Gasteiger partial charge is 0.205 e. The van der Waals surface area contributed by atoms with E-state index in [1.165, 1.54) is 5.56 Å². The van der Waals surface area contributed by atoms with Gasteiger partial charge in [0.2, 0.25) is 5.82 Å². The van der Waals surface area contributed by atoms with Gasteiger partial charge in [0.15, 0.2) is 5.82 Å². The predicted octanol–water partition coefficient (Wildman–Crippen LogP) is 3.91. The Labute approximate surface area is 180 Å². The summed E-state index contributed by atoms with van der Waals surface area (Å²) in [6.45, 7) is 5.06. The van der Waals surface area contributed by atoms with Crippen LogP contribution in [0.25, 0.3) is 22.5 Å². The third-order valence-corrected chi connectivity index (χ3v) is 4.93. The molecule has 0 unspecified atom stereocenters. The molecule has 0 fully saturated rings. The Hall–Kier alpha value is -3.26. The maximum Gasteiger partial charge on any atom is 0.205 e. The van der Waals surface area contributed by atoms with Crippen LogP contribution in [0.5, 0.6) is 0 Å². The molecule has 0 aliphatic carbocycles. The van der Waals surface area contributed by atoms with E-state index in [0.29, 0.717) is 24.7 Å². The standard InChI is InChI=1S/C22H23N7S/c1-15(2)13-21-23-20(11-12-30)26-29(21)14-16-7-9-17(10-8-16)18-5-3-4-6-19(18)22-24-27-28-25-22/h3-10,12,15H,11,13-14H2,1-2H3,(H,24,25,27,28). The lowest BCUT2D eigenvalue weighted by molar-refractivity contribution is 0.562. The van der Waals surface area contributed by atoms with Crippen LogP contribution in [0.1, 0.15) is 31.1 Å². The quantitative estimate of drug-likeness (QED) is 0.438. The molecule has 2 aromatic carbocycles. The minimum Gasteiger partial charge on any atom is -0.245 e. The highest BCUT2D eigenvalue weighted by atomic mass is 32.1. The van der Waals surface area contributed by atoms with Gasteiger partial charge < -0.3 is 0 Å². The summed E-state index contributed by atoms with van der Waals surface area (Å²) in [5.74, 6) is 2.88. The molecule has 0 atom stereocenters. The van der Waals surface area contributed by atoms with E-state index in [0.717, 1.165) is 34.8 Å². The van der Waals surface area contributed by atoms with Gasteiger partial charge in [-0.2, -0.15) is 10.3 Å². The summed E-state index contributed by atoms with van der Waals surface area (Å²) in [5, 5.41) is 20.8. The van der Waals surface area contributed by atoms with E-state index in [1.807, 2.05) is 22.9 Å². The van der Waals surface area contributed by atoms with Crippen molar-refractivity contribution in [2.24, 2.45) is 5.92 Å². The molecule has 0 aliphatic heterocycles. The van der Waals surface area contributed by atoms with Crippen LogP contribution in [-0.2, 0) is 19.4 Å². The number of rotatable bonds is 8. The zero-order valence-electron chi connectivity index (χ0n) is 17.0. The van der Waals surface area contributed by atoms with E-state index < -0.39 is 0 Å². The van der Waals surface area contributed by atoms with Crippen molar-refractivity contribution in [3.63, 3.8) is 0 Å². The fraction of sp³-hybridized carbons (Fsp3) is 0.273. The number of nitrogens with one attached hydrogen (secondary N) is 1. The van der Waals surface area contributed by atoms with Gasteiger partial charge in [-0.15, -0.1) is 10.2 Å². The molecule has 7 nitrogen and oxygen atoms in total. The summed E-state index contributed by atoms with van der Waals surface area (Å²) in [7, 11) is 0. The van der Waals surface area contributed by atoms with Crippen molar-refractivity contribution in [1.82, 2.24) is 35.4 Å². The lowest BCUT2D eigenvalue weighted by atomic mass is 9.98. The van der Waals surface area contributed by atoms with Gasteiger partial charge in [0.05, 0.1) is 6.54 Å². The van der Waals surface area contributed by atoms with E-state index in [2.05, 4.69) is 74.9 Å². The van der Waals surface area contributed by atoms with Crippen molar-refractivity contribution in [3.8, 4) is 22.5 Å². The number of H-pyrrole nitrogens is 1. The number of hydrogen-bond acceptors (Lipinski definition) is 6. The number of tetrazole rings is 1. The molecule has 0 bridgehead atoms. The monoisotopic (exact) mass is 417 g/mol. The summed E-state index contributed by atoms with van der Waals surface area (Å²) < 4.78 is 2.00. The van der Waals surface area contributed by atoms with Gasteiger partial charge in [-0.1, -0.05) is 74.6 Å². The summed E-state index contributed by atoms with van der Waals surface area (Å²) in [4.78, 5) is 4.67. The Bertz CT molecular complexity index is 1110. The van der Waals surface area contributed by atoms with Crippen LogP contribution < -0.4 is 0 Å². The Morgan fingerprint density at radius 2 is 1.83 bits per heavy atom. The highest BCUT2D eigenvalue weighted by molar-refractivity contribution is 7.78. The van der Waals surface area contributed by atoms with Crippen LogP contribution in [0.3, 0.4) is 0 Å². The van der Waals surface area contributed by atoms with E-state index in [1.54, 1.807) is 5.37 Å². The number of benzene rings is 2. The highest BCUT2D eigenvalue weighted by Crippen LogP contribution is 2.29. The van der Waals surface area contributed by atoms with Crippen LogP contribution in [0.15, 0.2) is 48.5 Å². The Kier molecular flexibility index (Phi) is 6.04. The van der Waals surface area contributed by atoms with Crippen LogP contribution in [0.4, 0.5) is 0 Å². The normalized spacial score (nSPS) is 11.2. The van der Waals surface area contributed by atoms with Crippen molar-refractivity contribution < 1.29 is 0 Å². The zero-order valence-corrected chi connectivity index (χ0v) is 17.8. The first kappa shape index (κ1) is 20.0. The second-order valence-corrected chi connectivity index (χ2v) is 7.88. The molecule has 30 heavy (non-hydrogen) atoms. The summed E-state index contributed by atoms with van der Waals surface area (Å²) >= 11 is 4.98.